The fourth-order valence-electron chi connectivity index (χ4n) is 4.00. The van der Waals surface area contributed by atoms with Gasteiger partial charge in [-0.1, -0.05) is 69.3 Å². The molecule has 7 heteroatoms. The smallest absolute Gasteiger partial charge is 0.407 e. The summed E-state index contributed by atoms with van der Waals surface area (Å²) in [7, 11) is 1.53. The second kappa shape index (κ2) is 9.42. The van der Waals surface area contributed by atoms with E-state index in [9.17, 15) is 14.4 Å². The zero-order chi connectivity index (χ0) is 23.5. The van der Waals surface area contributed by atoms with Crippen molar-refractivity contribution in [2.45, 2.75) is 39.2 Å². The molecular formula is C25H30N2O5. The summed E-state index contributed by atoms with van der Waals surface area (Å²) in [6, 6.07) is 15.3. The minimum absolute atomic E-state index is 0.0626. The largest absolute Gasteiger partial charge is 0.481 e. The first-order chi connectivity index (χ1) is 15.1. The molecule has 0 saturated carbocycles. The minimum Gasteiger partial charge on any atom is -0.481 e. The summed E-state index contributed by atoms with van der Waals surface area (Å²) in [6.07, 6.45) is -0.837. The third-order valence-electron chi connectivity index (χ3n) is 5.76. The highest BCUT2D eigenvalue weighted by atomic mass is 16.5. The van der Waals surface area contributed by atoms with Gasteiger partial charge in [0.25, 0.3) is 0 Å². The summed E-state index contributed by atoms with van der Waals surface area (Å²) in [5.41, 5.74) is 3.91. The first-order valence-electron chi connectivity index (χ1n) is 10.7. The molecule has 0 fully saturated rings. The van der Waals surface area contributed by atoms with Gasteiger partial charge in [-0.15, -0.1) is 0 Å². The SMILES string of the molecule is CN(CCC(=O)O)C(=O)[C@@H](NC(=O)OCC1c2ccccc2-c2ccccc21)C(C)(C)C. The average Bonchev–Trinajstić information content (AvgIpc) is 3.07. The van der Waals surface area contributed by atoms with E-state index in [0.29, 0.717) is 0 Å². The topological polar surface area (TPSA) is 95.9 Å². The first kappa shape index (κ1) is 23.3. The van der Waals surface area contributed by atoms with Crippen LogP contribution >= 0.6 is 0 Å². The van der Waals surface area contributed by atoms with Crippen molar-refractivity contribution in [1.82, 2.24) is 10.2 Å². The van der Waals surface area contributed by atoms with Crippen molar-refractivity contribution in [2.75, 3.05) is 20.2 Å². The van der Waals surface area contributed by atoms with Gasteiger partial charge in [-0.2, -0.15) is 0 Å². The van der Waals surface area contributed by atoms with Crippen LogP contribution in [0.3, 0.4) is 0 Å². The van der Waals surface area contributed by atoms with Crippen molar-refractivity contribution in [3.8, 4) is 11.1 Å². The summed E-state index contributed by atoms with van der Waals surface area (Å²) in [4.78, 5) is 37.7. The van der Waals surface area contributed by atoms with Crippen LogP contribution in [0.25, 0.3) is 11.1 Å². The van der Waals surface area contributed by atoms with Gasteiger partial charge in [0.1, 0.15) is 12.6 Å². The number of fused-ring (bicyclic) bond motifs is 3. The second-order valence-electron chi connectivity index (χ2n) is 9.17. The van der Waals surface area contributed by atoms with Gasteiger partial charge < -0.3 is 20.1 Å². The summed E-state index contributed by atoms with van der Waals surface area (Å²) < 4.78 is 5.58. The lowest BCUT2D eigenvalue weighted by Gasteiger charge is -2.33. The quantitative estimate of drug-likeness (QED) is 0.684. The van der Waals surface area contributed by atoms with Crippen LogP contribution in [0.2, 0.25) is 0 Å². The number of benzene rings is 2. The van der Waals surface area contributed by atoms with E-state index < -0.39 is 23.5 Å². The molecule has 0 aromatic heterocycles. The molecule has 0 aliphatic heterocycles. The molecular weight excluding hydrogens is 408 g/mol. The van der Waals surface area contributed by atoms with Gasteiger partial charge in [0, 0.05) is 19.5 Å². The van der Waals surface area contributed by atoms with E-state index in [-0.39, 0.29) is 31.4 Å². The number of nitrogens with zero attached hydrogens (tertiary/aromatic N) is 1. The number of nitrogens with one attached hydrogen (secondary N) is 1. The molecule has 0 bridgehead atoms. The third-order valence-corrected chi connectivity index (χ3v) is 5.76. The number of carbonyl (C=O) groups excluding carboxylic acids is 2. The molecule has 32 heavy (non-hydrogen) atoms. The number of aliphatic carboxylic acids is 1. The molecule has 2 amide bonds. The molecule has 0 saturated heterocycles. The second-order valence-corrected chi connectivity index (χ2v) is 9.17. The minimum atomic E-state index is -0.985. The molecule has 2 N–H and O–H groups in total. The Morgan fingerprint density at radius 2 is 1.56 bits per heavy atom. The summed E-state index contributed by atoms with van der Waals surface area (Å²) in [5, 5.41) is 11.6. The number of carboxylic acids is 1. The number of carboxylic acid groups (broad SMARTS) is 1. The van der Waals surface area contributed by atoms with Gasteiger partial charge in [-0.05, 0) is 27.7 Å². The van der Waals surface area contributed by atoms with E-state index >= 15 is 0 Å². The molecule has 0 heterocycles. The van der Waals surface area contributed by atoms with Crippen molar-refractivity contribution >= 4 is 18.0 Å². The van der Waals surface area contributed by atoms with Crippen molar-refractivity contribution < 1.29 is 24.2 Å². The van der Waals surface area contributed by atoms with Crippen LogP contribution in [-0.4, -0.2) is 54.2 Å². The van der Waals surface area contributed by atoms with Crippen molar-refractivity contribution in [1.29, 1.82) is 0 Å². The molecule has 170 valence electrons. The predicted octanol–water partition coefficient (Wildman–Crippen LogP) is 3.87. The molecule has 1 aliphatic rings. The highest BCUT2D eigenvalue weighted by Gasteiger charge is 2.36. The Morgan fingerprint density at radius 3 is 2.06 bits per heavy atom. The van der Waals surface area contributed by atoms with Crippen molar-refractivity contribution in [3.05, 3.63) is 59.7 Å². The Morgan fingerprint density at radius 1 is 1.03 bits per heavy atom. The molecule has 1 atom stereocenters. The van der Waals surface area contributed by atoms with Crippen LogP contribution in [0, 0.1) is 5.41 Å². The zero-order valence-corrected chi connectivity index (χ0v) is 18.9. The molecule has 0 radical (unpaired) electrons. The number of ether oxygens (including phenoxy) is 1. The summed E-state index contributed by atoms with van der Waals surface area (Å²) in [6.45, 7) is 5.73. The number of amides is 2. The summed E-state index contributed by atoms with van der Waals surface area (Å²) in [5.74, 6) is -1.41. The Hall–Kier alpha value is -3.35. The molecule has 0 unspecified atom stereocenters. The van der Waals surface area contributed by atoms with E-state index in [1.54, 1.807) is 0 Å². The summed E-state index contributed by atoms with van der Waals surface area (Å²) >= 11 is 0. The lowest BCUT2D eigenvalue weighted by atomic mass is 9.86. The Balaban J connectivity index is 1.68. The number of likely N-dealkylation sites (N-methyl/N-ethyl adjacent to an activating group) is 1. The van der Waals surface area contributed by atoms with E-state index in [1.807, 2.05) is 57.2 Å². The molecule has 1 aliphatic carbocycles. The van der Waals surface area contributed by atoms with Gasteiger partial charge in [0.05, 0.1) is 6.42 Å². The maximum absolute atomic E-state index is 12.9. The number of carbonyl (C=O) groups is 3. The maximum Gasteiger partial charge on any atom is 0.407 e. The number of alkyl carbamates (subject to hydrolysis) is 1. The van der Waals surface area contributed by atoms with Crippen LogP contribution in [0.15, 0.2) is 48.5 Å². The van der Waals surface area contributed by atoms with Crippen LogP contribution in [0.4, 0.5) is 4.79 Å². The van der Waals surface area contributed by atoms with E-state index in [4.69, 9.17) is 9.84 Å². The van der Waals surface area contributed by atoms with Gasteiger partial charge in [0.2, 0.25) is 5.91 Å². The molecule has 3 rings (SSSR count). The highest BCUT2D eigenvalue weighted by molar-refractivity contribution is 5.86. The van der Waals surface area contributed by atoms with Gasteiger partial charge in [0.15, 0.2) is 0 Å². The number of hydrogen-bond acceptors (Lipinski definition) is 4. The van der Waals surface area contributed by atoms with E-state index in [1.165, 1.54) is 11.9 Å². The van der Waals surface area contributed by atoms with Gasteiger partial charge >= 0.3 is 12.1 Å². The van der Waals surface area contributed by atoms with E-state index in [2.05, 4.69) is 17.4 Å². The van der Waals surface area contributed by atoms with Crippen molar-refractivity contribution in [3.63, 3.8) is 0 Å². The molecule has 7 nitrogen and oxygen atoms in total. The Bertz CT molecular complexity index is 966. The van der Waals surface area contributed by atoms with E-state index in [0.717, 1.165) is 22.3 Å². The van der Waals surface area contributed by atoms with Crippen molar-refractivity contribution in [2.24, 2.45) is 5.41 Å². The van der Waals surface area contributed by atoms with Gasteiger partial charge in [-0.3, -0.25) is 9.59 Å². The van der Waals surface area contributed by atoms with Gasteiger partial charge in [-0.25, -0.2) is 4.79 Å². The van der Waals surface area contributed by atoms with Crippen LogP contribution in [0.5, 0.6) is 0 Å². The normalized spacial score (nSPS) is 13.6. The molecule has 2 aromatic carbocycles. The predicted molar refractivity (Wildman–Crippen MR) is 121 cm³/mol. The molecule has 2 aromatic rings. The monoisotopic (exact) mass is 438 g/mol. The van der Waals surface area contributed by atoms with Crippen LogP contribution in [0.1, 0.15) is 44.2 Å². The lowest BCUT2D eigenvalue weighted by molar-refractivity contribution is -0.139. The first-order valence-corrected chi connectivity index (χ1v) is 10.7. The highest BCUT2D eigenvalue weighted by Crippen LogP contribution is 2.44. The lowest BCUT2D eigenvalue weighted by Crippen LogP contribution is -2.54. The fraction of sp³-hybridized carbons (Fsp3) is 0.400. The average molecular weight is 439 g/mol. The number of hydrogen-bond donors (Lipinski definition) is 2. The number of rotatable bonds is 7. The molecule has 0 spiro atoms. The van der Waals surface area contributed by atoms with Crippen LogP contribution < -0.4 is 5.32 Å². The zero-order valence-electron chi connectivity index (χ0n) is 18.9. The third kappa shape index (κ3) is 5.10. The fourth-order valence-corrected chi connectivity index (χ4v) is 4.00. The van der Waals surface area contributed by atoms with Crippen LogP contribution in [-0.2, 0) is 14.3 Å². The standard InChI is InChI=1S/C25H30N2O5/c1-25(2,3)22(23(30)27(4)14-13-21(28)29)26-24(31)32-15-20-18-11-7-5-9-16(18)17-10-6-8-12-19(17)20/h5-12,20,22H,13-15H2,1-4H3,(H,26,31)(H,28,29)/t22-/m1/s1. The Labute approximate surface area is 188 Å². The Kier molecular flexibility index (Phi) is 6.87. The maximum atomic E-state index is 12.9.